The Morgan fingerprint density at radius 1 is 1.04 bits per heavy atom. The third-order valence-corrected chi connectivity index (χ3v) is 4.44. The summed E-state index contributed by atoms with van der Waals surface area (Å²) in [4.78, 5) is 7.15. The number of rotatable bonds is 8. The monoisotopic (exact) mass is 328 g/mol. The average Bonchev–Trinajstić information content (AvgIpc) is 3.12. The van der Waals surface area contributed by atoms with Gasteiger partial charge in [0.05, 0.1) is 6.54 Å². The first-order valence-electron chi connectivity index (χ1n) is 9.25. The number of guanidine groups is 1. The number of nitrogens with zero attached hydrogens (tertiary/aromatic N) is 2. The van der Waals surface area contributed by atoms with E-state index in [4.69, 9.17) is 4.99 Å². The molecule has 0 atom stereocenters. The molecule has 2 N–H and O–H groups in total. The maximum atomic E-state index is 4.73. The van der Waals surface area contributed by atoms with Crippen LogP contribution in [0.3, 0.4) is 0 Å². The fourth-order valence-corrected chi connectivity index (χ4v) is 2.87. The second-order valence-corrected chi connectivity index (χ2v) is 6.26. The Labute approximate surface area is 147 Å². The molecule has 4 nitrogen and oxygen atoms in total. The largest absolute Gasteiger partial charge is 0.357 e. The molecule has 0 heterocycles. The zero-order valence-corrected chi connectivity index (χ0v) is 15.4. The molecule has 0 unspecified atom stereocenters. The molecule has 0 amide bonds. The number of nitrogens with one attached hydrogen (secondary N) is 2. The van der Waals surface area contributed by atoms with E-state index in [1.54, 1.807) is 0 Å². The van der Waals surface area contributed by atoms with Crippen molar-refractivity contribution >= 4 is 5.96 Å². The van der Waals surface area contributed by atoms with Gasteiger partial charge in [0.2, 0.25) is 0 Å². The summed E-state index contributed by atoms with van der Waals surface area (Å²) >= 11 is 0. The fourth-order valence-electron chi connectivity index (χ4n) is 2.87. The van der Waals surface area contributed by atoms with Crippen LogP contribution in [-0.2, 0) is 13.1 Å². The van der Waals surface area contributed by atoms with Crippen molar-refractivity contribution in [2.24, 2.45) is 4.99 Å². The first-order chi connectivity index (χ1) is 11.7. The molecule has 0 aliphatic heterocycles. The summed E-state index contributed by atoms with van der Waals surface area (Å²) in [6.07, 6.45) is 6.64. The van der Waals surface area contributed by atoms with E-state index in [2.05, 4.69) is 72.7 Å². The van der Waals surface area contributed by atoms with Crippen molar-refractivity contribution < 1.29 is 0 Å². The molecule has 0 bridgehead atoms. The fraction of sp³-hybridized carbons (Fsp3) is 0.550. The predicted molar refractivity (Wildman–Crippen MR) is 103 cm³/mol. The summed E-state index contributed by atoms with van der Waals surface area (Å²) < 4.78 is 0. The van der Waals surface area contributed by atoms with E-state index in [1.165, 1.54) is 11.1 Å². The van der Waals surface area contributed by atoms with Crippen molar-refractivity contribution in [2.45, 2.75) is 52.7 Å². The minimum atomic E-state index is 0.485. The highest BCUT2D eigenvalue weighted by Crippen LogP contribution is 2.10. The number of benzene rings is 1. The van der Waals surface area contributed by atoms with Gasteiger partial charge in [0.25, 0.3) is 0 Å². The summed E-state index contributed by atoms with van der Waals surface area (Å²) in [5.74, 6) is 0.915. The lowest BCUT2D eigenvalue weighted by atomic mass is 10.1. The van der Waals surface area contributed by atoms with Crippen molar-refractivity contribution in [1.29, 1.82) is 0 Å². The highest BCUT2D eigenvalue weighted by Gasteiger charge is 2.11. The van der Waals surface area contributed by atoms with Gasteiger partial charge >= 0.3 is 0 Å². The third kappa shape index (κ3) is 6.00. The van der Waals surface area contributed by atoms with Crippen molar-refractivity contribution in [3.8, 4) is 0 Å². The van der Waals surface area contributed by atoms with Gasteiger partial charge in [-0.25, -0.2) is 4.99 Å². The minimum absolute atomic E-state index is 0.485. The smallest absolute Gasteiger partial charge is 0.191 e. The van der Waals surface area contributed by atoms with Gasteiger partial charge in [-0.05, 0) is 44.0 Å². The molecule has 1 aliphatic rings. The predicted octanol–water partition coefficient (Wildman–Crippen LogP) is 3.30. The van der Waals surface area contributed by atoms with Gasteiger partial charge in [0, 0.05) is 19.1 Å². The van der Waals surface area contributed by atoms with Gasteiger partial charge in [-0.3, -0.25) is 4.90 Å². The van der Waals surface area contributed by atoms with Crippen LogP contribution in [0.2, 0.25) is 0 Å². The normalized spacial score (nSPS) is 15.2. The number of hydrogen-bond donors (Lipinski definition) is 2. The lowest BCUT2D eigenvalue weighted by molar-refractivity contribution is 0.296. The Morgan fingerprint density at radius 2 is 1.67 bits per heavy atom. The lowest BCUT2D eigenvalue weighted by Crippen LogP contribution is -2.42. The van der Waals surface area contributed by atoms with Crippen LogP contribution in [0.4, 0.5) is 0 Å². The van der Waals surface area contributed by atoms with Gasteiger partial charge in [0.15, 0.2) is 5.96 Å². The average molecular weight is 329 g/mol. The van der Waals surface area contributed by atoms with Gasteiger partial charge in [-0.1, -0.05) is 50.3 Å². The zero-order valence-electron chi connectivity index (χ0n) is 15.4. The van der Waals surface area contributed by atoms with E-state index < -0.39 is 0 Å². The molecule has 2 rings (SSSR count). The highest BCUT2D eigenvalue weighted by molar-refractivity contribution is 5.80. The number of aliphatic imine (C=N–C) groups is 1. The van der Waals surface area contributed by atoms with Gasteiger partial charge in [-0.2, -0.15) is 0 Å². The van der Waals surface area contributed by atoms with E-state index in [0.717, 1.165) is 45.0 Å². The second kappa shape index (κ2) is 10.1. The Hall–Kier alpha value is -1.81. The molecule has 0 spiro atoms. The highest BCUT2D eigenvalue weighted by atomic mass is 15.2. The lowest BCUT2D eigenvalue weighted by Gasteiger charge is -2.18. The molecule has 0 radical (unpaired) electrons. The van der Waals surface area contributed by atoms with Crippen LogP contribution in [-0.4, -0.2) is 36.5 Å². The molecule has 0 saturated carbocycles. The molecular weight excluding hydrogens is 296 g/mol. The summed E-state index contributed by atoms with van der Waals surface area (Å²) in [6.45, 7) is 11.3. The van der Waals surface area contributed by atoms with Crippen LogP contribution in [0, 0.1) is 0 Å². The van der Waals surface area contributed by atoms with E-state index >= 15 is 0 Å². The van der Waals surface area contributed by atoms with E-state index in [1.807, 2.05) is 0 Å². The summed E-state index contributed by atoms with van der Waals surface area (Å²) in [5, 5.41) is 6.85. The first kappa shape index (κ1) is 18.5. The molecule has 0 aromatic heterocycles. The topological polar surface area (TPSA) is 39.7 Å². The van der Waals surface area contributed by atoms with Crippen LogP contribution >= 0.6 is 0 Å². The quantitative estimate of drug-likeness (QED) is 0.437. The van der Waals surface area contributed by atoms with E-state index in [-0.39, 0.29) is 0 Å². The van der Waals surface area contributed by atoms with Crippen LogP contribution in [0.5, 0.6) is 0 Å². The van der Waals surface area contributed by atoms with Crippen LogP contribution in [0.1, 0.15) is 44.7 Å². The van der Waals surface area contributed by atoms with Crippen molar-refractivity contribution in [2.75, 3.05) is 19.6 Å². The zero-order chi connectivity index (χ0) is 17.2. The van der Waals surface area contributed by atoms with Gasteiger partial charge in [0.1, 0.15) is 0 Å². The third-order valence-electron chi connectivity index (χ3n) is 4.44. The Balaban J connectivity index is 1.90. The maximum absolute atomic E-state index is 4.73. The van der Waals surface area contributed by atoms with Crippen LogP contribution in [0.25, 0.3) is 0 Å². The second-order valence-electron chi connectivity index (χ2n) is 6.26. The SMILES string of the molecule is CCNC(=NCc1ccc(CN(CC)CC)cc1)NC1CC=CC1. The summed E-state index contributed by atoms with van der Waals surface area (Å²) in [6, 6.07) is 9.33. The summed E-state index contributed by atoms with van der Waals surface area (Å²) in [5.41, 5.74) is 2.62. The Morgan fingerprint density at radius 3 is 2.25 bits per heavy atom. The van der Waals surface area contributed by atoms with Crippen molar-refractivity contribution in [1.82, 2.24) is 15.5 Å². The standard InChI is InChI=1S/C20H32N4/c1-4-21-20(23-19-9-7-8-10-19)22-15-17-11-13-18(14-12-17)16-24(5-2)6-3/h7-8,11-14,19H,4-6,9-10,15-16H2,1-3H3,(H2,21,22,23). The molecule has 24 heavy (non-hydrogen) atoms. The van der Waals surface area contributed by atoms with E-state index in [9.17, 15) is 0 Å². The molecule has 4 heteroatoms. The first-order valence-corrected chi connectivity index (χ1v) is 9.25. The van der Waals surface area contributed by atoms with E-state index in [0.29, 0.717) is 12.6 Å². The molecule has 132 valence electrons. The number of hydrogen-bond acceptors (Lipinski definition) is 2. The molecule has 0 saturated heterocycles. The Kier molecular flexibility index (Phi) is 7.83. The molecule has 0 fully saturated rings. The van der Waals surface area contributed by atoms with Crippen LogP contribution in [0.15, 0.2) is 41.4 Å². The Bertz CT molecular complexity index is 521. The molecule has 1 aromatic rings. The van der Waals surface area contributed by atoms with Crippen molar-refractivity contribution in [3.05, 3.63) is 47.5 Å². The molecule has 1 aliphatic carbocycles. The minimum Gasteiger partial charge on any atom is -0.357 e. The van der Waals surface area contributed by atoms with Crippen molar-refractivity contribution in [3.63, 3.8) is 0 Å². The molecule has 1 aromatic carbocycles. The summed E-state index contributed by atoms with van der Waals surface area (Å²) in [7, 11) is 0. The molecular formula is C20H32N4. The van der Waals surface area contributed by atoms with Gasteiger partial charge in [-0.15, -0.1) is 0 Å². The maximum Gasteiger partial charge on any atom is 0.191 e. The van der Waals surface area contributed by atoms with Gasteiger partial charge < -0.3 is 10.6 Å². The van der Waals surface area contributed by atoms with Crippen LogP contribution < -0.4 is 10.6 Å².